The molecule has 0 bridgehead atoms. The predicted octanol–water partition coefficient (Wildman–Crippen LogP) is 4.57. The van der Waals surface area contributed by atoms with Crippen molar-refractivity contribution in [3.8, 4) is 0 Å². The first kappa shape index (κ1) is 15.5. The van der Waals surface area contributed by atoms with E-state index in [1.54, 1.807) is 0 Å². The first-order valence-electron chi connectivity index (χ1n) is 7.41. The Kier molecular flexibility index (Phi) is 4.64. The number of aryl methyl sites for hydroxylation is 1. The smallest absolute Gasteiger partial charge is 0.0466 e. The summed E-state index contributed by atoms with van der Waals surface area (Å²) < 4.78 is 0. The summed E-state index contributed by atoms with van der Waals surface area (Å²) in [5, 5.41) is 0. The first-order chi connectivity index (χ1) is 9.93. The van der Waals surface area contributed by atoms with Crippen molar-refractivity contribution in [3.63, 3.8) is 0 Å². The quantitative estimate of drug-likeness (QED) is 0.775. The summed E-state index contributed by atoms with van der Waals surface area (Å²) in [6, 6.07) is 19.3. The topological polar surface area (TPSA) is 3.24 Å². The highest BCUT2D eigenvalue weighted by molar-refractivity contribution is 5.71. The highest BCUT2D eigenvalue weighted by Crippen LogP contribution is 2.33. The molecule has 21 heavy (non-hydrogen) atoms. The fourth-order valence-corrected chi connectivity index (χ4v) is 2.59. The van der Waals surface area contributed by atoms with Gasteiger partial charge in [-0.1, -0.05) is 66.7 Å². The van der Waals surface area contributed by atoms with Gasteiger partial charge in [0.05, 0.1) is 0 Å². The average molecular weight is 279 g/mol. The Morgan fingerprint density at radius 3 is 2.10 bits per heavy atom. The van der Waals surface area contributed by atoms with E-state index < -0.39 is 0 Å². The Balaban J connectivity index is 2.33. The maximum absolute atomic E-state index is 4.40. The summed E-state index contributed by atoms with van der Waals surface area (Å²) >= 11 is 0. The van der Waals surface area contributed by atoms with Crippen molar-refractivity contribution < 1.29 is 0 Å². The van der Waals surface area contributed by atoms with Gasteiger partial charge in [0, 0.05) is 5.54 Å². The van der Waals surface area contributed by atoms with Crippen molar-refractivity contribution in [2.45, 2.75) is 25.8 Å². The van der Waals surface area contributed by atoms with Gasteiger partial charge in [-0.15, -0.1) is 0 Å². The third-order valence-electron chi connectivity index (χ3n) is 4.43. The van der Waals surface area contributed by atoms with E-state index in [2.05, 4.69) is 94.0 Å². The molecule has 0 aliphatic carbocycles. The highest BCUT2D eigenvalue weighted by atomic mass is 15.1. The van der Waals surface area contributed by atoms with Gasteiger partial charge in [-0.3, -0.25) is 4.90 Å². The minimum Gasteiger partial charge on any atom is -0.300 e. The Hall–Kier alpha value is -1.86. The maximum atomic E-state index is 4.40. The number of rotatable bonds is 5. The molecule has 1 atom stereocenters. The molecule has 2 aromatic carbocycles. The SMILES string of the molecule is C=C(c1ccc(C)cc1)C(C)(Cc1ccccc1)N(C)C. The van der Waals surface area contributed by atoms with Gasteiger partial charge >= 0.3 is 0 Å². The van der Waals surface area contributed by atoms with Crippen molar-refractivity contribution in [2.75, 3.05) is 14.1 Å². The molecule has 0 saturated heterocycles. The van der Waals surface area contributed by atoms with Crippen LogP contribution in [0.15, 0.2) is 61.2 Å². The van der Waals surface area contributed by atoms with Crippen molar-refractivity contribution in [1.29, 1.82) is 0 Å². The fourth-order valence-electron chi connectivity index (χ4n) is 2.59. The molecule has 110 valence electrons. The Morgan fingerprint density at radius 1 is 1.00 bits per heavy atom. The zero-order valence-corrected chi connectivity index (χ0v) is 13.6. The van der Waals surface area contributed by atoms with Gasteiger partial charge in [0.25, 0.3) is 0 Å². The van der Waals surface area contributed by atoms with Crippen molar-refractivity contribution in [2.24, 2.45) is 0 Å². The van der Waals surface area contributed by atoms with Crippen LogP contribution in [0.5, 0.6) is 0 Å². The lowest BCUT2D eigenvalue weighted by Gasteiger charge is -2.39. The largest absolute Gasteiger partial charge is 0.300 e. The monoisotopic (exact) mass is 279 g/mol. The van der Waals surface area contributed by atoms with E-state index in [4.69, 9.17) is 0 Å². The summed E-state index contributed by atoms with van der Waals surface area (Å²) in [4.78, 5) is 2.27. The van der Waals surface area contributed by atoms with Crippen LogP contribution in [0.1, 0.15) is 23.6 Å². The van der Waals surface area contributed by atoms with E-state index in [-0.39, 0.29) is 5.54 Å². The minimum absolute atomic E-state index is 0.101. The highest BCUT2D eigenvalue weighted by Gasteiger charge is 2.31. The molecule has 0 heterocycles. The molecule has 0 fully saturated rings. The minimum atomic E-state index is -0.101. The molecule has 1 heteroatoms. The van der Waals surface area contributed by atoms with Crippen LogP contribution in [-0.4, -0.2) is 24.5 Å². The summed E-state index contributed by atoms with van der Waals surface area (Å²) in [6.07, 6.45) is 0.952. The molecule has 0 radical (unpaired) electrons. The van der Waals surface area contributed by atoms with Crippen molar-refractivity contribution in [1.82, 2.24) is 4.90 Å². The zero-order valence-electron chi connectivity index (χ0n) is 13.6. The second-order valence-electron chi connectivity index (χ2n) is 6.18. The van der Waals surface area contributed by atoms with Gasteiger partial charge in [-0.25, -0.2) is 0 Å². The number of nitrogens with zero attached hydrogens (tertiary/aromatic N) is 1. The third kappa shape index (κ3) is 3.43. The second-order valence-corrected chi connectivity index (χ2v) is 6.18. The lowest BCUT2D eigenvalue weighted by Crippen LogP contribution is -2.44. The molecule has 1 nitrogen and oxygen atoms in total. The molecule has 0 aromatic heterocycles. The molecular weight excluding hydrogens is 254 g/mol. The van der Waals surface area contributed by atoms with Crippen LogP contribution in [0.2, 0.25) is 0 Å². The van der Waals surface area contributed by atoms with E-state index in [1.807, 2.05) is 0 Å². The Bertz CT molecular complexity index is 595. The van der Waals surface area contributed by atoms with E-state index in [0.717, 1.165) is 12.0 Å². The molecule has 0 saturated carbocycles. The van der Waals surface area contributed by atoms with E-state index in [1.165, 1.54) is 16.7 Å². The first-order valence-corrected chi connectivity index (χ1v) is 7.41. The molecule has 0 N–H and O–H groups in total. The molecule has 0 amide bonds. The Morgan fingerprint density at radius 2 is 1.57 bits per heavy atom. The number of benzene rings is 2. The number of hydrogen-bond donors (Lipinski definition) is 0. The van der Waals surface area contributed by atoms with Crippen molar-refractivity contribution >= 4 is 5.57 Å². The second kappa shape index (κ2) is 6.28. The lowest BCUT2D eigenvalue weighted by atomic mass is 9.81. The van der Waals surface area contributed by atoms with Crippen LogP contribution in [0, 0.1) is 6.92 Å². The summed E-state index contributed by atoms with van der Waals surface area (Å²) in [5.74, 6) is 0. The molecule has 2 rings (SSSR count). The summed E-state index contributed by atoms with van der Waals surface area (Å²) in [5.41, 5.74) is 4.89. The summed E-state index contributed by atoms with van der Waals surface area (Å²) in [7, 11) is 4.25. The third-order valence-corrected chi connectivity index (χ3v) is 4.43. The van der Waals surface area contributed by atoms with E-state index in [9.17, 15) is 0 Å². The molecule has 0 aliphatic rings. The lowest BCUT2D eigenvalue weighted by molar-refractivity contribution is 0.240. The standard InChI is InChI=1S/C20H25N/c1-16-11-13-19(14-12-16)17(2)20(3,21(4)5)15-18-9-7-6-8-10-18/h6-14H,2,15H2,1,3-5H3. The normalized spacial score (nSPS) is 14.0. The molecule has 0 spiro atoms. The van der Waals surface area contributed by atoms with Crippen LogP contribution in [-0.2, 0) is 6.42 Å². The van der Waals surface area contributed by atoms with Crippen molar-refractivity contribution in [3.05, 3.63) is 77.9 Å². The Labute approximate surface area is 128 Å². The zero-order chi connectivity index (χ0) is 15.5. The van der Waals surface area contributed by atoms with E-state index in [0.29, 0.717) is 0 Å². The average Bonchev–Trinajstić information content (AvgIpc) is 2.48. The fraction of sp³-hybridized carbons (Fsp3) is 0.300. The van der Waals surface area contributed by atoms with E-state index >= 15 is 0 Å². The number of likely N-dealkylation sites (N-methyl/N-ethyl adjacent to an activating group) is 1. The van der Waals surface area contributed by atoms with Crippen LogP contribution in [0.3, 0.4) is 0 Å². The predicted molar refractivity (Wildman–Crippen MR) is 92.5 cm³/mol. The molecule has 1 unspecified atom stereocenters. The van der Waals surface area contributed by atoms with Crippen LogP contribution >= 0.6 is 0 Å². The van der Waals surface area contributed by atoms with Gasteiger partial charge in [0.15, 0.2) is 0 Å². The molecule has 0 aliphatic heterocycles. The number of hydrogen-bond acceptors (Lipinski definition) is 1. The molecule has 2 aromatic rings. The van der Waals surface area contributed by atoms with Gasteiger partial charge in [-0.2, -0.15) is 0 Å². The van der Waals surface area contributed by atoms with Gasteiger partial charge in [-0.05, 0) is 51.1 Å². The van der Waals surface area contributed by atoms with Crippen LogP contribution in [0.4, 0.5) is 0 Å². The van der Waals surface area contributed by atoms with Crippen LogP contribution < -0.4 is 0 Å². The van der Waals surface area contributed by atoms with Gasteiger partial charge < -0.3 is 0 Å². The van der Waals surface area contributed by atoms with Crippen LogP contribution in [0.25, 0.3) is 5.57 Å². The van der Waals surface area contributed by atoms with Gasteiger partial charge in [0.2, 0.25) is 0 Å². The maximum Gasteiger partial charge on any atom is 0.0466 e. The summed E-state index contributed by atoms with van der Waals surface area (Å²) in [6.45, 7) is 8.78. The molecular formula is C20H25N. The van der Waals surface area contributed by atoms with Gasteiger partial charge in [0.1, 0.15) is 0 Å².